The van der Waals surface area contributed by atoms with Crippen molar-refractivity contribution in [2.24, 2.45) is 0 Å². The number of allylic oxidation sites excluding steroid dienone is 2. The van der Waals surface area contributed by atoms with Gasteiger partial charge in [-0.3, -0.25) is 0 Å². The number of pyridine rings is 1. The van der Waals surface area contributed by atoms with Crippen LogP contribution in [0.1, 0.15) is 41.7 Å². The molecular weight excluding hydrogens is 230 g/mol. The summed E-state index contributed by atoms with van der Waals surface area (Å²) in [5.41, 5.74) is 2.48. The predicted octanol–water partition coefficient (Wildman–Crippen LogP) is 2.83. The molecule has 0 atom stereocenters. The maximum absolute atomic E-state index is 11.5. The van der Waals surface area contributed by atoms with Crippen LogP contribution >= 0.6 is 0 Å². The van der Waals surface area contributed by atoms with Crippen molar-refractivity contribution in [2.45, 2.75) is 25.7 Å². The number of hydrogen-bond acceptors (Lipinski definition) is 4. The van der Waals surface area contributed by atoms with Crippen molar-refractivity contribution in [3.05, 3.63) is 29.5 Å². The fourth-order valence-corrected chi connectivity index (χ4v) is 2.11. The molecule has 1 aromatic heterocycles. The van der Waals surface area contributed by atoms with E-state index in [9.17, 15) is 4.79 Å². The van der Waals surface area contributed by atoms with Gasteiger partial charge in [0.25, 0.3) is 0 Å². The van der Waals surface area contributed by atoms with E-state index in [0.717, 1.165) is 18.5 Å². The maximum atomic E-state index is 11.5. The first-order valence-corrected chi connectivity index (χ1v) is 6.09. The normalized spacial score (nSPS) is 14.9. The lowest BCUT2D eigenvalue weighted by Crippen LogP contribution is -2.07. The third-order valence-electron chi connectivity index (χ3n) is 3.08. The first-order chi connectivity index (χ1) is 8.76. The Labute approximate surface area is 107 Å². The Morgan fingerprint density at radius 3 is 2.72 bits per heavy atom. The molecule has 0 bridgehead atoms. The third-order valence-corrected chi connectivity index (χ3v) is 3.08. The number of rotatable bonds is 3. The van der Waals surface area contributed by atoms with E-state index in [4.69, 9.17) is 9.47 Å². The number of ether oxygens (including phenoxy) is 2. The summed E-state index contributed by atoms with van der Waals surface area (Å²) < 4.78 is 9.85. The van der Waals surface area contributed by atoms with Gasteiger partial charge in [-0.25, -0.2) is 9.78 Å². The highest BCUT2D eigenvalue weighted by atomic mass is 16.5. The molecule has 0 amide bonds. The number of methoxy groups -OCH3 is 2. The van der Waals surface area contributed by atoms with Crippen LogP contribution in [-0.4, -0.2) is 25.2 Å². The topological polar surface area (TPSA) is 48.4 Å². The zero-order valence-corrected chi connectivity index (χ0v) is 10.7. The number of carbonyl (C=O) groups is 1. The van der Waals surface area contributed by atoms with Crippen LogP contribution < -0.4 is 4.74 Å². The van der Waals surface area contributed by atoms with E-state index in [1.807, 2.05) is 6.07 Å². The highest BCUT2D eigenvalue weighted by molar-refractivity contribution is 5.92. The van der Waals surface area contributed by atoms with E-state index in [1.165, 1.54) is 32.6 Å². The minimum atomic E-state index is -0.427. The third kappa shape index (κ3) is 2.53. The molecule has 4 heteroatoms. The second kappa shape index (κ2) is 5.67. The summed E-state index contributed by atoms with van der Waals surface area (Å²) >= 11 is 0. The van der Waals surface area contributed by atoms with Crippen LogP contribution in [0.4, 0.5) is 0 Å². The van der Waals surface area contributed by atoms with Gasteiger partial charge in [-0.2, -0.15) is 0 Å². The van der Waals surface area contributed by atoms with Crippen LogP contribution in [0.15, 0.2) is 18.2 Å². The van der Waals surface area contributed by atoms with Gasteiger partial charge in [0, 0.05) is 0 Å². The Kier molecular flexibility index (Phi) is 3.97. The van der Waals surface area contributed by atoms with Crippen molar-refractivity contribution < 1.29 is 14.3 Å². The van der Waals surface area contributed by atoms with Crippen LogP contribution in [0.5, 0.6) is 5.88 Å². The summed E-state index contributed by atoms with van der Waals surface area (Å²) in [5.74, 6) is -0.102. The van der Waals surface area contributed by atoms with Crippen molar-refractivity contribution >= 4 is 11.5 Å². The van der Waals surface area contributed by atoms with Gasteiger partial charge in [-0.1, -0.05) is 6.08 Å². The molecule has 0 unspecified atom stereocenters. The first kappa shape index (κ1) is 12.6. The Morgan fingerprint density at radius 1 is 1.28 bits per heavy atom. The van der Waals surface area contributed by atoms with E-state index in [-0.39, 0.29) is 0 Å². The molecule has 2 rings (SSSR count). The second-order valence-corrected chi connectivity index (χ2v) is 4.22. The molecule has 1 heterocycles. The molecule has 1 aliphatic carbocycles. The summed E-state index contributed by atoms with van der Waals surface area (Å²) in [4.78, 5) is 15.9. The average Bonchev–Trinajstić information content (AvgIpc) is 2.46. The molecular formula is C14H17NO3. The molecule has 0 aromatic carbocycles. The van der Waals surface area contributed by atoms with Gasteiger partial charge in [0.05, 0.1) is 19.9 Å². The Morgan fingerprint density at radius 2 is 2.11 bits per heavy atom. The molecule has 0 aliphatic heterocycles. The van der Waals surface area contributed by atoms with E-state index in [0.29, 0.717) is 11.4 Å². The van der Waals surface area contributed by atoms with Crippen LogP contribution in [-0.2, 0) is 4.74 Å². The van der Waals surface area contributed by atoms with Crippen molar-refractivity contribution in [3.8, 4) is 5.88 Å². The standard InChI is InChI=1S/C14H17NO3/c1-17-13-11(14(16)18-2)8-9-12(15-13)10-6-4-3-5-7-10/h6,8-9H,3-5,7H2,1-2H3. The lowest BCUT2D eigenvalue weighted by Gasteiger charge is -2.13. The fraction of sp³-hybridized carbons (Fsp3) is 0.429. The molecule has 0 saturated heterocycles. The van der Waals surface area contributed by atoms with Crippen LogP contribution in [0.25, 0.3) is 5.57 Å². The number of aromatic nitrogens is 1. The fourth-order valence-electron chi connectivity index (χ4n) is 2.11. The van der Waals surface area contributed by atoms with Crippen molar-refractivity contribution in [1.29, 1.82) is 0 Å². The second-order valence-electron chi connectivity index (χ2n) is 4.22. The maximum Gasteiger partial charge on any atom is 0.343 e. The number of hydrogen-bond donors (Lipinski definition) is 0. The predicted molar refractivity (Wildman–Crippen MR) is 68.6 cm³/mol. The van der Waals surface area contributed by atoms with Crippen LogP contribution in [0.3, 0.4) is 0 Å². The minimum absolute atomic E-state index is 0.325. The zero-order valence-electron chi connectivity index (χ0n) is 10.7. The van der Waals surface area contributed by atoms with Gasteiger partial charge in [0.1, 0.15) is 5.56 Å². The van der Waals surface area contributed by atoms with E-state index in [1.54, 1.807) is 6.07 Å². The molecule has 4 nitrogen and oxygen atoms in total. The quantitative estimate of drug-likeness (QED) is 0.771. The monoisotopic (exact) mass is 247 g/mol. The Bertz CT molecular complexity index is 480. The molecule has 0 N–H and O–H groups in total. The molecule has 1 aromatic rings. The molecule has 1 aliphatic rings. The molecule has 0 fully saturated rings. The number of carbonyl (C=O) groups excluding carboxylic acids is 1. The number of nitrogens with zero attached hydrogens (tertiary/aromatic N) is 1. The van der Waals surface area contributed by atoms with Gasteiger partial charge < -0.3 is 9.47 Å². The summed E-state index contributed by atoms with van der Waals surface area (Å²) in [5, 5.41) is 0. The largest absolute Gasteiger partial charge is 0.480 e. The van der Waals surface area contributed by atoms with Gasteiger partial charge in [-0.05, 0) is 43.4 Å². The highest BCUT2D eigenvalue weighted by Crippen LogP contribution is 2.28. The molecule has 18 heavy (non-hydrogen) atoms. The summed E-state index contributed by atoms with van der Waals surface area (Å²) in [6.07, 6.45) is 6.77. The van der Waals surface area contributed by atoms with Crippen molar-refractivity contribution in [1.82, 2.24) is 4.98 Å². The van der Waals surface area contributed by atoms with E-state index < -0.39 is 5.97 Å². The molecule has 0 radical (unpaired) electrons. The minimum Gasteiger partial charge on any atom is -0.480 e. The van der Waals surface area contributed by atoms with E-state index >= 15 is 0 Å². The van der Waals surface area contributed by atoms with Gasteiger partial charge >= 0.3 is 5.97 Å². The lowest BCUT2D eigenvalue weighted by molar-refractivity contribution is 0.0596. The molecule has 0 saturated carbocycles. The first-order valence-electron chi connectivity index (χ1n) is 6.09. The summed E-state index contributed by atoms with van der Waals surface area (Å²) in [6.45, 7) is 0. The Balaban J connectivity index is 2.35. The Hall–Kier alpha value is -1.84. The smallest absolute Gasteiger partial charge is 0.343 e. The molecule has 96 valence electrons. The highest BCUT2D eigenvalue weighted by Gasteiger charge is 2.16. The zero-order chi connectivity index (χ0) is 13.0. The average molecular weight is 247 g/mol. The lowest BCUT2D eigenvalue weighted by atomic mass is 9.96. The van der Waals surface area contributed by atoms with Crippen molar-refractivity contribution in [3.63, 3.8) is 0 Å². The molecule has 0 spiro atoms. The van der Waals surface area contributed by atoms with E-state index in [2.05, 4.69) is 11.1 Å². The van der Waals surface area contributed by atoms with Crippen LogP contribution in [0.2, 0.25) is 0 Å². The number of esters is 1. The summed E-state index contributed by atoms with van der Waals surface area (Å²) in [7, 11) is 2.85. The van der Waals surface area contributed by atoms with Gasteiger partial charge in [-0.15, -0.1) is 0 Å². The van der Waals surface area contributed by atoms with Crippen molar-refractivity contribution in [2.75, 3.05) is 14.2 Å². The van der Waals surface area contributed by atoms with Crippen LogP contribution in [0, 0.1) is 0 Å². The van der Waals surface area contributed by atoms with Gasteiger partial charge in [0.15, 0.2) is 0 Å². The SMILES string of the molecule is COC(=O)c1ccc(C2=CCCCC2)nc1OC. The summed E-state index contributed by atoms with van der Waals surface area (Å²) in [6, 6.07) is 3.56. The van der Waals surface area contributed by atoms with Gasteiger partial charge in [0.2, 0.25) is 5.88 Å².